The standard InChI is InChI=1S/C17H24O2/c1-4-15(18)19-14-6-10-5-13(14)17-12-7-11(16(10)17)8(2)9(12)3/h4,8-14,16-17H,1,5-7H2,2-3H3. The van der Waals surface area contributed by atoms with Gasteiger partial charge in [0.05, 0.1) is 0 Å². The molecule has 4 fully saturated rings. The van der Waals surface area contributed by atoms with Crippen molar-refractivity contribution in [3.63, 3.8) is 0 Å². The average molecular weight is 260 g/mol. The molecule has 104 valence electrons. The Hall–Kier alpha value is -0.790. The second-order valence-electron chi connectivity index (χ2n) is 7.51. The third-order valence-corrected chi connectivity index (χ3v) is 7.22. The lowest BCUT2D eigenvalue weighted by molar-refractivity contribution is -0.148. The van der Waals surface area contributed by atoms with Crippen LogP contribution in [0, 0.1) is 47.3 Å². The molecule has 0 heterocycles. The zero-order valence-corrected chi connectivity index (χ0v) is 11.9. The van der Waals surface area contributed by atoms with Gasteiger partial charge in [0.1, 0.15) is 6.10 Å². The van der Waals surface area contributed by atoms with Crippen molar-refractivity contribution >= 4 is 5.97 Å². The topological polar surface area (TPSA) is 26.3 Å². The molecule has 4 saturated carbocycles. The lowest BCUT2D eigenvalue weighted by Gasteiger charge is -2.43. The van der Waals surface area contributed by atoms with E-state index in [1.165, 1.54) is 18.9 Å². The number of rotatable bonds is 2. The van der Waals surface area contributed by atoms with E-state index in [0.29, 0.717) is 5.92 Å². The molecular weight excluding hydrogens is 236 g/mol. The first-order valence-electron chi connectivity index (χ1n) is 7.95. The first-order chi connectivity index (χ1) is 9.11. The summed E-state index contributed by atoms with van der Waals surface area (Å²) in [5.41, 5.74) is 0. The highest BCUT2D eigenvalue weighted by Crippen LogP contribution is 2.70. The molecule has 0 aromatic heterocycles. The maximum atomic E-state index is 11.5. The minimum Gasteiger partial charge on any atom is -0.459 e. The summed E-state index contributed by atoms with van der Waals surface area (Å²) in [6.07, 6.45) is 5.40. The fraction of sp³-hybridized carbons (Fsp3) is 0.824. The smallest absolute Gasteiger partial charge is 0.330 e. The average Bonchev–Trinajstić information content (AvgIpc) is 3.09. The highest BCUT2D eigenvalue weighted by Gasteiger charge is 2.66. The lowest BCUT2D eigenvalue weighted by atomic mass is 9.64. The van der Waals surface area contributed by atoms with Crippen molar-refractivity contribution in [1.82, 2.24) is 0 Å². The zero-order valence-electron chi connectivity index (χ0n) is 11.9. The molecule has 4 rings (SSSR count). The quantitative estimate of drug-likeness (QED) is 0.433. The Balaban J connectivity index is 1.57. The molecule has 4 aliphatic carbocycles. The Morgan fingerprint density at radius 3 is 2.42 bits per heavy atom. The largest absolute Gasteiger partial charge is 0.459 e. The molecule has 0 aliphatic heterocycles. The van der Waals surface area contributed by atoms with Crippen LogP contribution in [-0.2, 0) is 9.53 Å². The minimum atomic E-state index is -0.223. The van der Waals surface area contributed by atoms with Gasteiger partial charge >= 0.3 is 5.97 Å². The fourth-order valence-electron chi connectivity index (χ4n) is 6.50. The van der Waals surface area contributed by atoms with Gasteiger partial charge in [-0.3, -0.25) is 0 Å². The molecule has 0 aromatic carbocycles. The van der Waals surface area contributed by atoms with Crippen LogP contribution in [0.5, 0.6) is 0 Å². The fourth-order valence-corrected chi connectivity index (χ4v) is 6.50. The first-order valence-corrected chi connectivity index (χ1v) is 7.95. The van der Waals surface area contributed by atoms with Gasteiger partial charge in [0.25, 0.3) is 0 Å². The molecule has 0 N–H and O–H groups in total. The Labute approximate surface area is 115 Å². The van der Waals surface area contributed by atoms with Crippen molar-refractivity contribution in [1.29, 1.82) is 0 Å². The molecule has 9 atom stereocenters. The predicted octanol–water partition coefficient (Wildman–Crippen LogP) is 3.28. The first kappa shape index (κ1) is 12.0. The van der Waals surface area contributed by atoms with E-state index in [9.17, 15) is 4.79 Å². The third-order valence-electron chi connectivity index (χ3n) is 7.22. The molecule has 19 heavy (non-hydrogen) atoms. The summed E-state index contributed by atoms with van der Waals surface area (Å²) >= 11 is 0. The summed E-state index contributed by atoms with van der Waals surface area (Å²) in [5, 5.41) is 0. The maximum absolute atomic E-state index is 11.5. The van der Waals surface area contributed by atoms with Gasteiger partial charge in [-0.15, -0.1) is 0 Å². The maximum Gasteiger partial charge on any atom is 0.330 e. The van der Waals surface area contributed by atoms with E-state index >= 15 is 0 Å². The molecule has 0 saturated heterocycles. The number of ether oxygens (including phenoxy) is 1. The van der Waals surface area contributed by atoms with E-state index in [1.54, 1.807) is 0 Å². The summed E-state index contributed by atoms with van der Waals surface area (Å²) in [4.78, 5) is 11.5. The molecule has 9 unspecified atom stereocenters. The zero-order chi connectivity index (χ0) is 13.3. The van der Waals surface area contributed by atoms with E-state index in [0.717, 1.165) is 47.8 Å². The summed E-state index contributed by atoms with van der Waals surface area (Å²) in [7, 11) is 0. The summed E-state index contributed by atoms with van der Waals surface area (Å²) < 4.78 is 5.62. The molecule has 0 amide bonds. The third kappa shape index (κ3) is 1.41. The van der Waals surface area contributed by atoms with Crippen LogP contribution in [0.1, 0.15) is 33.1 Å². The van der Waals surface area contributed by atoms with Gasteiger partial charge in [-0.2, -0.15) is 0 Å². The number of hydrogen-bond donors (Lipinski definition) is 0. The van der Waals surface area contributed by atoms with Crippen molar-refractivity contribution in [3.05, 3.63) is 12.7 Å². The number of carbonyl (C=O) groups is 1. The van der Waals surface area contributed by atoms with Crippen LogP contribution in [-0.4, -0.2) is 12.1 Å². The van der Waals surface area contributed by atoms with Crippen LogP contribution in [0.25, 0.3) is 0 Å². The van der Waals surface area contributed by atoms with Crippen molar-refractivity contribution < 1.29 is 9.53 Å². The summed E-state index contributed by atoms with van der Waals surface area (Å²) in [5.74, 6) is 6.75. The Morgan fingerprint density at radius 2 is 1.74 bits per heavy atom. The summed E-state index contributed by atoms with van der Waals surface area (Å²) in [6, 6.07) is 0. The highest BCUT2D eigenvalue weighted by atomic mass is 16.5. The van der Waals surface area contributed by atoms with Gasteiger partial charge in [-0.1, -0.05) is 20.4 Å². The van der Waals surface area contributed by atoms with Gasteiger partial charge < -0.3 is 4.74 Å². The monoisotopic (exact) mass is 260 g/mol. The van der Waals surface area contributed by atoms with E-state index in [2.05, 4.69) is 20.4 Å². The molecule has 0 aromatic rings. The van der Waals surface area contributed by atoms with Crippen LogP contribution in [0.2, 0.25) is 0 Å². The number of fused-ring (bicyclic) bond motifs is 9. The molecule has 0 radical (unpaired) electrons. The van der Waals surface area contributed by atoms with Gasteiger partial charge in [0.15, 0.2) is 0 Å². The van der Waals surface area contributed by atoms with Crippen LogP contribution in [0.4, 0.5) is 0 Å². The Bertz CT molecular complexity index is 429. The summed E-state index contributed by atoms with van der Waals surface area (Å²) in [6.45, 7) is 8.43. The van der Waals surface area contributed by atoms with E-state index in [4.69, 9.17) is 4.74 Å². The minimum absolute atomic E-state index is 0.193. The van der Waals surface area contributed by atoms with Crippen LogP contribution < -0.4 is 0 Å². The van der Waals surface area contributed by atoms with Crippen LogP contribution in [0.3, 0.4) is 0 Å². The molecule has 2 heteroatoms. The molecule has 0 spiro atoms. The van der Waals surface area contributed by atoms with Gasteiger partial charge in [0, 0.05) is 6.08 Å². The molecular formula is C17H24O2. The highest BCUT2D eigenvalue weighted by molar-refractivity contribution is 5.81. The second kappa shape index (κ2) is 3.86. The van der Waals surface area contributed by atoms with Crippen molar-refractivity contribution in [2.45, 2.75) is 39.2 Å². The lowest BCUT2D eigenvalue weighted by Crippen LogP contribution is -2.41. The Morgan fingerprint density at radius 1 is 1.05 bits per heavy atom. The van der Waals surface area contributed by atoms with Crippen molar-refractivity contribution in [3.8, 4) is 0 Å². The van der Waals surface area contributed by atoms with E-state index in [-0.39, 0.29) is 12.1 Å². The van der Waals surface area contributed by atoms with Gasteiger partial charge in [-0.05, 0) is 66.6 Å². The number of hydrogen-bond acceptors (Lipinski definition) is 2. The van der Waals surface area contributed by atoms with Crippen LogP contribution in [0.15, 0.2) is 12.7 Å². The van der Waals surface area contributed by atoms with E-state index in [1.807, 2.05) is 0 Å². The number of carbonyl (C=O) groups excluding carboxylic acids is 1. The van der Waals surface area contributed by atoms with Gasteiger partial charge in [0.2, 0.25) is 0 Å². The van der Waals surface area contributed by atoms with Gasteiger partial charge in [-0.25, -0.2) is 4.79 Å². The van der Waals surface area contributed by atoms with E-state index < -0.39 is 0 Å². The second-order valence-corrected chi connectivity index (χ2v) is 7.51. The Kier molecular flexibility index (Phi) is 2.44. The molecule has 4 aliphatic rings. The predicted molar refractivity (Wildman–Crippen MR) is 73.2 cm³/mol. The normalized spacial score (nSPS) is 57.3. The van der Waals surface area contributed by atoms with Crippen molar-refractivity contribution in [2.24, 2.45) is 47.3 Å². The molecule has 2 nitrogen and oxygen atoms in total. The number of esters is 1. The molecule has 4 bridgehead atoms. The SMILES string of the molecule is C=CC(=O)OC1CC2CC1C1C3CC(C(C)C3C)C21. The van der Waals surface area contributed by atoms with Crippen LogP contribution >= 0.6 is 0 Å². The van der Waals surface area contributed by atoms with Crippen molar-refractivity contribution in [2.75, 3.05) is 0 Å².